The van der Waals surface area contributed by atoms with Crippen LogP contribution in [0.5, 0.6) is 0 Å². The van der Waals surface area contributed by atoms with E-state index in [1.807, 2.05) is 0 Å². The number of nitrogens with one attached hydrogen (secondary N) is 1. The Morgan fingerprint density at radius 2 is 1.74 bits per heavy atom. The van der Waals surface area contributed by atoms with E-state index in [-0.39, 0.29) is 25.5 Å². The predicted octanol–water partition coefficient (Wildman–Crippen LogP) is 2.53. The molecule has 0 bridgehead atoms. The van der Waals surface area contributed by atoms with Crippen LogP contribution < -0.4 is 5.32 Å². The summed E-state index contributed by atoms with van der Waals surface area (Å²) in [5.74, 6) is -4.02. The first-order valence-corrected chi connectivity index (χ1v) is 8.08. The molecule has 0 aliphatic carbocycles. The van der Waals surface area contributed by atoms with Gasteiger partial charge >= 0.3 is 0 Å². The second kappa shape index (κ2) is 8.72. The molecule has 0 unspecified atom stereocenters. The molecule has 1 N–H and O–H groups in total. The Morgan fingerprint density at radius 1 is 1.04 bits per heavy atom. The number of carbonyl (C=O) groups is 2. The van der Waals surface area contributed by atoms with Crippen LogP contribution in [0.25, 0.3) is 0 Å². The quantitative estimate of drug-likeness (QED) is 0.747. The third-order valence-corrected chi connectivity index (χ3v) is 3.74. The van der Waals surface area contributed by atoms with Gasteiger partial charge in [0.2, 0.25) is 11.8 Å². The molecule has 1 heterocycles. The van der Waals surface area contributed by atoms with Crippen LogP contribution in [0.4, 0.5) is 18.9 Å². The summed E-state index contributed by atoms with van der Waals surface area (Å²) in [6.07, 6.45) is 0. The maximum atomic E-state index is 13.6. The van der Waals surface area contributed by atoms with Crippen molar-refractivity contribution in [1.29, 1.82) is 0 Å². The number of furan rings is 1. The molecule has 0 fully saturated rings. The first-order chi connectivity index (χ1) is 12.7. The van der Waals surface area contributed by atoms with E-state index >= 15 is 0 Å². The molecule has 2 amide bonds. The highest BCUT2D eigenvalue weighted by Crippen LogP contribution is 2.19. The summed E-state index contributed by atoms with van der Waals surface area (Å²) in [5, 5.41) is 2.15. The fourth-order valence-corrected chi connectivity index (χ4v) is 2.36. The number of halogens is 3. The SMILES string of the molecule is Cc1ccc(CN(C)C(=O)CN(C)CC(=O)Nc2ccc(F)c(F)c2F)o1. The number of hydrogen-bond acceptors (Lipinski definition) is 4. The molecule has 0 saturated carbocycles. The van der Waals surface area contributed by atoms with Crippen LogP contribution in [0.3, 0.4) is 0 Å². The predicted molar refractivity (Wildman–Crippen MR) is 92.4 cm³/mol. The van der Waals surface area contributed by atoms with Crippen molar-refractivity contribution in [3.63, 3.8) is 0 Å². The Bertz CT molecular complexity index is 838. The van der Waals surface area contributed by atoms with Crippen molar-refractivity contribution in [3.8, 4) is 0 Å². The van der Waals surface area contributed by atoms with Crippen molar-refractivity contribution < 1.29 is 27.2 Å². The van der Waals surface area contributed by atoms with Gasteiger partial charge in [0.25, 0.3) is 0 Å². The van der Waals surface area contributed by atoms with E-state index in [9.17, 15) is 22.8 Å². The smallest absolute Gasteiger partial charge is 0.238 e. The molecule has 0 aliphatic rings. The van der Waals surface area contributed by atoms with Crippen LogP contribution in [0, 0.1) is 24.4 Å². The molecule has 0 saturated heterocycles. The molecule has 0 atom stereocenters. The normalized spacial score (nSPS) is 10.9. The largest absolute Gasteiger partial charge is 0.464 e. The number of benzene rings is 1. The zero-order valence-corrected chi connectivity index (χ0v) is 15.2. The van der Waals surface area contributed by atoms with Gasteiger partial charge in [0.05, 0.1) is 25.3 Å². The van der Waals surface area contributed by atoms with Crippen LogP contribution in [0.2, 0.25) is 0 Å². The van der Waals surface area contributed by atoms with Crippen LogP contribution >= 0.6 is 0 Å². The maximum Gasteiger partial charge on any atom is 0.238 e. The number of nitrogens with zero attached hydrogens (tertiary/aromatic N) is 2. The summed E-state index contributed by atoms with van der Waals surface area (Å²) in [5.41, 5.74) is -0.469. The van der Waals surface area contributed by atoms with Gasteiger partial charge in [0.1, 0.15) is 11.5 Å². The Kier molecular flexibility index (Phi) is 6.62. The molecular weight excluding hydrogens is 363 g/mol. The van der Waals surface area contributed by atoms with Crippen molar-refractivity contribution in [2.75, 3.05) is 32.5 Å². The lowest BCUT2D eigenvalue weighted by Crippen LogP contribution is -2.39. The van der Waals surface area contributed by atoms with E-state index in [4.69, 9.17) is 4.42 Å². The van der Waals surface area contributed by atoms with Crippen molar-refractivity contribution in [1.82, 2.24) is 9.80 Å². The minimum Gasteiger partial charge on any atom is -0.464 e. The Hall–Kier alpha value is -2.81. The lowest BCUT2D eigenvalue weighted by atomic mass is 10.2. The first-order valence-electron chi connectivity index (χ1n) is 8.08. The molecule has 2 aromatic rings. The van der Waals surface area contributed by atoms with Gasteiger partial charge in [-0.05, 0) is 38.2 Å². The zero-order chi connectivity index (χ0) is 20.1. The van der Waals surface area contributed by atoms with Gasteiger partial charge in [-0.1, -0.05) is 0 Å². The Balaban J connectivity index is 1.85. The van der Waals surface area contributed by atoms with Crippen molar-refractivity contribution in [3.05, 3.63) is 53.2 Å². The Morgan fingerprint density at radius 3 is 2.37 bits per heavy atom. The fourth-order valence-electron chi connectivity index (χ4n) is 2.36. The van der Waals surface area contributed by atoms with Crippen LogP contribution in [-0.4, -0.2) is 48.8 Å². The van der Waals surface area contributed by atoms with E-state index in [1.54, 1.807) is 26.1 Å². The van der Waals surface area contributed by atoms with E-state index in [0.717, 1.165) is 11.8 Å². The van der Waals surface area contributed by atoms with Gasteiger partial charge in [-0.25, -0.2) is 13.2 Å². The van der Waals surface area contributed by atoms with Gasteiger partial charge in [-0.15, -0.1) is 0 Å². The molecule has 0 radical (unpaired) electrons. The van der Waals surface area contributed by atoms with Gasteiger partial charge < -0.3 is 14.6 Å². The molecule has 6 nitrogen and oxygen atoms in total. The lowest BCUT2D eigenvalue weighted by Gasteiger charge is -2.21. The van der Waals surface area contributed by atoms with E-state index in [1.165, 1.54) is 16.8 Å². The molecule has 1 aromatic carbocycles. The number of aryl methyl sites for hydroxylation is 1. The highest BCUT2D eigenvalue weighted by molar-refractivity contribution is 5.92. The van der Waals surface area contributed by atoms with Crippen LogP contribution in [-0.2, 0) is 16.1 Å². The fraction of sp³-hybridized carbons (Fsp3) is 0.333. The molecule has 27 heavy (non-hydrogen) atoms. The highest BCUT2D eigenvalue weighted by Gasteiger charge is 2.18. The third kappa shape index (κ3) is 5.58. The Labute approximate surface area is 154 Å². The van der Waals surface area contributed by atoms with E-state index in [0.29, 0.717) is 11.8 Å². The summed E-state index contributed by atoms with van der Waals surface area (Å²) in [7, 11) is 3.13. The summed E-state index contributed by atoms with van der Waals surface area (Å²) in [6, 6.07) is 5.21. The summed E-state index contributed by atoms with van der Waals surface area (Å²) in [4.78, 5) is 27.0. The lowest BCUT2D eigenvalue weighted by molar-refractivity contribution is -0.131. The second-order valence-electron chi connectivity index (χ2n) is 6.21. The van der Waals surface area contributed by atoms with E-state index < -0.39 is 29.0 Å². The minimum atomic E-state index is -1.66. The summed E-state index contributed by atoms with van der Waals surface area (Å²) < 4.78 is 45.1. The van der Waals surface area contributed by atoms with Crippen LogP contribution in [0.1, 0.15) is 11.5 Å². The zero-order valence-electron chi connectivity index (χ0n) is 15.2. The standard InChI is InChI=1S/C18H20F3N3O3/c1-11-4-5-12(27-11)8-24(3)16(26)10-23(2)9-15(25)22-14-7-6-13(19)17(20)18(14)21/h4-7H,8-10H2,1-3H3,(H,22,25). The molecule has 9 heteroatoms. The number of amides is 2. The van der Waals surface area contributed by atoms with Crippen molar-refractivity contribution in [2.24, 2.45) is 0 Å². The van der Waals surface area contributed by atoms with Crippen LogP contribution in [0.15, 0.2) is 28.7 Å². The average Bonchev–Trinajstić information content (AvgIpc) is 3.00. The number of rotatable bonds is 7. The van der Waals surface area contributed by atoms with Gasteiger partial charge in [0, 0.05) is 7.05 Å². The molecule has 1 aromatic heterocycles. The average molecular weight is 383 g/mol. The van der Waals surface area contributed by atoms with Crippen molar-refractivity contribution in [2.45, 2.75) is 13.5 Å². The molecule has 2 rings (SSSR count). The molecular formula is C18H20F3N3O3. The topological polar surface area (TPSA) is 65.8 Å². The monoisotopic (exact) mass is 383 g/mol. The number of carbonyl (C=O) groups excluding carboxylic acids is 2. The number of likely N-dealkylation sites (N-methyl/N-ethyl adjacent to an activating group) is 2. The van der Waals surface area contributed by atoms with Crippen molar-refractivity contribution >= 4 is 17.5 Å². The van der Waals surface area contributed by atoms with Gasteiger partial charge in [-0.3, -0.25) is 14.5 Å². The number of anilines is 1. The summed E-state index contributed by atoms with van der Waals surface area (Å²) in [6.45, 7) is 1.78. The highest BCUT2D eigenvalue weighted by atomic mass is 19.2. The molecule has 0 spiro atoms. The molecule has 146 valence electrons. The van der Waals surface area contributed by atoms with E-state index in [2.05, 4.69) is 5.32 Å². The van der Waals surface area contributed by atoms with Gasteiger partial charge in [0.15, 0.2) is 17.5 Å². The minimum absolute atomic E-state index is 0.0656. The van der Waals surface area contributed by atoms with Gasteiger partial charge in [-0.2, -0.15) is 0 Å². The second-order valence-corrected chi connectivity index (χ2v) is 6.21. The molecule has 0 aliphatic heterocycles. The number of hydrogen-bond donors (Lipinski definition) is 1. The summed E-state index contributed by atoms with van der Waals surface area (Å²) >= 11 is 0. The third-order valence-electron chi connectivity index (χ3n) is 3.74. The maximum absolute atomic E-state index is 13.6. The first kappa shape index (κ1) is 20.5.